The molecule has 22 heavy (non-hydrogen) atoms. The summed E-state index contributed by atoms with van der Waals surface area (Å²) in [7, 11) is 0. The van der Waals surface area contributed by atoms with Crippen molar-refractivity contribution >= 4 is 0 Å². The van der Waals surface area contributed by atoms with E-state index < -0.39 is 6.10 Å². The van der Waals surface area contributed by atoms with Gasteiger partial charge in [-0.15, -0.1) is 6.58 Å². The summed E-state index contributed by atoms with van der Waals surface area (Å²) in [6, 6.07) is 20.4. The highest BCUT2D eigenvalue weighted by Gasteiger charge is 2.35. The lowest BCUT2D eigenvalue weighted by atomic mass is 9.71. The molecule has 1 N–H and O–H groups in total. The molecular weight excluding hydrogens is 268 g/mol. The van der Waals surface area contributed by atoms with E-state index in [9.17, 15) is 5.11 Å². The molecule has 2 aromatic rings. The average Bonchev–Trinajstić information content (AvgIpc) is 2.59. The zero-order valence-electron chi connectivity index (χ0n) is 13.4. The quantitative estimate of drug-likeness (QED) is 0.509. The Balaban J connectivity index is 2.26. The first-order valence-corrected chi connectivity index (χ1v) is 8.08. The molecule has 0 spiro atoms. The number of benzene rings is 2. The standard InChI is InChI=1S/C21H26O/c1-3-4-5-12-17-21(2,19-15-10-7-11-16-19)20(22)18-13-8-6-9-14-18/h3,6-11,13-16,20,22H,1,4-5,12,17H2,2H3/t20-,21-/m1/s1. The predicted octanol–water partition coefficient (Wildman–Crippen LogP) is 5.42. The summed E-state index contributed by atoms with van der Waals surface area (Å²) < 4.78 is 0. The van der Waals surface area contributed by atoms with Crippen LogP contribution in [-0.4, -0.2) is 5.11 Å². The molecule has 0 unspecified atom stereocenters. The van der Waals surface area contributed by atoms with Gasteiger partial charge in [0.05, 0.1) is 6.10 Å². The van der Waals surface area contributed by atoms with Crippen LogP contribution in [0.2, 0.25) is 0 Å². The number of allylic oxidation sites excluding steroid dienone is 1. The van der Waals surface area contributed by atoms with Crippen molar-refractivity contribution in [1.82, 2.24) is 0 Å². The van der Waals surface area contributed by atoms with Crippen molar-refractivity contribution in [3.8, 4) is 0 Å². The summed E-state index contributed by atoms with van der Waals surface area (Å²) in [5.41, 5.74) is 1.91. The Morgan fingerprint density at radius 1 is 1.00 bits per heavy atom. The largest absolute Gasteiger partial charge is 0.387 e. The molecule has 0 bridgehead atoms. The molecule has 0 saturated heterocycles. The molecule has 0 aliphatic heterocycles. The summed E-state index contributed by atoms with van der Waals surface area (Å²) >= 11 is 0. The van der Waals surface area contributed by atoms with Gasteiger partial charge in [-0.05, 0) is 30.4 Å². The molecule has 0 heterocycles. The third-order valence-electron chi connectivity index (χ3n) is 4.51. The van der Waals surface area contributed by atoms with Crippen LogP contribution in [0.4, 0.5) is 0 Å². The van der Waals surface area contributed by atoms with Gasteiger partial charge in [-0.25, -0.2) is 0 Å². The fourth-order valence-corrected chi connectivity index (χ4v) is 3.04. The first kappa shape index (κ1) is 16.5. The molecule has 1 nitrogen and oxygen atoms in total. The van der Waals surface area contributed by atoms with Gasteiger partial charge in [-0.3, -0.25) is 0 Å². The molecule has 116 valence electrons. The summed E-state index contributed by atoms with van der Waals surface area (Å²) in [6.45, 7) is 5.96. The minimum absolute atomic E-state index is 0.274. The highest BCUT2D eigenvalue weighted by Crippen LogP contribution is 2.41. The van der Waals surface area contributed by atoms with Crippen molar-refractivity contribution in [3.05, 3.63) is 84.4 Å². The maximum Gasteiger partial charge on any atom is 0.0883 e. The van der Waals surface area contributed by atoms with Crippen LogP contribution in [0, 0.1) is 0 Å². The Labute approximate surface area is 134 Å². The monoisotopic (exact) mass is 294 g/mol. The second-order valence-electron chi connectivity index (χ2n) is 6.13. The summed E-state index contributed by atoms with van der Waals surface area (Å²) in [5, 5.41) is 11.0. The van der Waals surface area contributed by atoms with E-state index in [1.54, 1.807) is 0 Å². The summed E-state index contributed by atoms with van der Waals surface area (Å²) in [4.78, 5) is 0. The van der Waals surface area contributed by atoms with Crippen molar-refractivity contribution in [1.29, 1.82) is 0 Å². The Morgan fingerprint density at radius 2 is 1.59 bits per heavy atom. The Kier molecular flexibility index (Phi) is 5.97. The molecule has 0 aliphatic carbocycles. The maximum absolute atomic E-state index is 11.0. The number of hydrogen-bond acceptors (Lipinski definition) is 1. The fourth-order valence-electron chi connectivity index (χ4n) is 3.04. The normalized spacial score (nSPS) is 15.0. The van der Waals surface area contributed by atoms with Crippen molar-refractivity contribution in [2.45, 2.75) is 44.1 Å². The van der Waals surface area contributed by atoms with E-state index >= 15 is 0 Å². The number of aliphatic hydroxyl groups excluding tert-OH is 1. The lowest BCUT2D eigenvalue weighted by Crippen LogP contribution is -2.30. The first-order chi connectivity index (χ1) is 10.7. The second-order valence-corrected chi connectivity index (χ2v) is 6.13. The second kappa shape index (κ2) is 7.95. The van der Waals surface area contributed by atoms with Gasteiger partial charge in [0.25, 0.3) is 0 Å². The highest BCUT2D eigenvalue weighted by molar-refractivity contribution is 5.31. The van der Waals surface area contributed by atoms with Gasteiger partial charge in [0.1, 0.15) is 0 Å². The van der Waals surface area contributed by atoms with Gasteiger partial charge in [0, 0.05) is 5.41 Å². The fraction of sp³-hybridized carbons (Fsp3) is 0.333. The number of rotatable bonds is 8. The lowest BCUT2D eigenvalue weighted by molar-refractivity contribution is 0.0821. The third kappa shape index (κ3) is 3.86. The van der Waals surface area contributed by atoms with E-state index in [0.717, 1.165) is 31.2 Å². The minimum atomic E-state index is -0.500. The topological polar surface area (TPSA) is 20.2 Å². The van der Waals surface area contributed by atoms with E-state index in [0.29, 0.717) is 0 Å². The van der Waals surface area contributed by atoms with E-state index in [2.05, 4.69) is 37.8 Å². The van der Waals surface area contributed by atoms with Gasteiger partial charge < -0.3 is 5.11 Å². The van der Waals surface area contributed by atoms with Crippen LogP contribution in [0.25, 0.3) is 0 Å². The molecule has 0 aromatic heterocycles. The summed E-state index contributed by atoms with van der Waals surface area (Å²) in [6.07, 6.45) is 5.66. The van der Waals surface area contributed by atoms with Crippen LogP contribution in [0.1, 0.15) is 49.8 Å². The van der Waals surface area contributed by atoms with Crippen LogP contribution in [0.3, 0.4) is 0 Å². The Hall–Kier alpha value is -1.86. The highest BCUT2D eigenvalue weighted by atomic mass is 16.3. The molecule has 0 radical (unpaired) electrons. The van der Waals surface area contributed by atoms with E-state index in [1.807, 2.05) is 42.5 Å². The van der Waals surface area contributed by atoms with Gasteiger partial charge in [0.2, 0.25) is 0 Å². The SMILES string of the molecule is C=CCCCC[C@](C)(c1ccccc1)[C@H](O)c1ccccc1. The molecule has 0 saturated carbocycles. The van der Waals surface area contributed by atoms with Crippen molar-refractivity contribution in [2.75, 3.05) is 0 Å². The van der Waals surface area contributed by atoms with Crippen LogP contribution in [0.5, 0.6) is 0 Å². The van der Waals surface area contributed by atoms with Crippen molar-refractivity contribution < 1.29 is 5.11 Å². The van der Waals surface area contributed by atoms with Gasteiger partial charge in [-0.1, -0.05) is 80.1 Å². The molecule has 2 aromatic carbocycles. The van der Waals surface area contributed by atoms with Gasteiger partial charge >= 0.3 is 0 Å². The smallest absolute Gasteiger partial charge is 0.0883 e. The van der Waals surface area contributed by atoms with E-state index in [-0.39, 0.29) is 5.41 Å². The zero-order chi connectivity index (χ0) is 15.8. The molecule has 2 rings (SSSR count). The molecule has 1 heteroatoms. The molecular formula is C21H26O. The minimum Gasteiger partial charge on any atom is -0.387 e. The number of aliphatic hydroxyl groups is 1. The van der Waals surface area contributed by atoms with E-state index in [4.69, 9.17) is 0 Å². The van der Waals surface area contributed by atoms with Crippen LogP contribution >= 0.6 is 0 Å². The summed E-state index contributed by atoms with van der Waals surface area (Å²) in [5.74, 6) is 0. The van der Waals surface area contributed by atoms with Crippen LogP contribution in [-0.2, 0) is 5.41 Å². The molecule has 0 amide bonds. The van der Waals surface area contributed by atoms with Gasteiger partial charge in [-0.2, -0.15) is 0 Å². The van der Waals surface area contributed by atoms with Crippen LogP contribution in [0.15, 0.2) is 73.3 Å². The number of hydrogen-bond donors (Lipinski definition) is 1. The Morgan fingerprint density at radius 3 is 2.18 bits per heavy atom. The Bertz CT molecular complexity index is 561. The van der Waals surface area contributed by atoms with Crippen molar-refractivity contribution in [3.63, 3.8) is 0 Å². The first-order valence-electron chi connectivity index (χ1n) is 8.08. The molecule has 0 fully saturated rings. The zero-order valence-corrected chi connectivity index (χ0v) is 13.4. The van der Waals surface area contributed by atoms with Crippen molar-refractivity contribution in [2.24, 2.45) is 0 Å². The molecule has 2 atom stereocenters. The lowest BCUT2D eigenvalue weighted by Gasteiger charge is -2.36. The maximum atomic E-state index is 11.0. The van der Waals surface area contributed by atoms with Gasteiger partial charge in [0.15, 0.2) is 0 Å². The average molecular weight is 294 g/mol. The van der Waals surface area contributed by atoms with E-state index in [1.165, 1.54) is 5.56 Å². The molecule has 0 aliphatic rings. The van der Waals surface area contributed by atoms with Crippen LogP contribution < -0.4 is 0 Å². The predicted molar refractivity (Wildman–Crippen MR) is 93.9 cm³/mol. The third-order valence-corrected chi connectivity index (χ3v) is 4.51. The number of unbranched alkanes of at least 4 members (excludes halogenated alkanes) is 2.